The number of nitrogens with one attached hydrogen (secondary N) is 2. The maximum Gasteiger partial charge on any atom is 0.319 e. The minimum atomic E-state index is -0.241. The van der Waals surface area contributed by atoms with Crippen LogP contribution in [0.15, 0.2) is 42.5 Å². The maximum absolute atomic E-state index is 12.4. The molecule has 26 heavy (non-hydrogen) atoms. The van der Waals surface area contributed by atoms with Crippen LogP contribution < -0.4 is 20.1 Å². The molecule has 1 fully saturated rings. The van der Waals surface area contributed by atoms with Crippen molar-refractivity contribution in [3.63, 3.8) is 0 Å². The van der Waals surface area contributed by atoms with Crippen LogP contribution in [0.5, 0.6) is 17.2 Å². The number of ether oxygens (including phenoxy) is 2. The normalized spacial score (nSPS) is 14.5. The predicted molar refractivity (Wildman–Crippen MR) is 104 cm³/mol. The summed E-state index contributed by atoms with van der Waals surface area (Å²) in [6.45, 7) is 0. The zero-order valence-electron chi connectivity index (χ0n) is 14.8. The Morgan fingerprint density at radius 2 is 1.85 bits per heavy atom. The molecular formula is C20H23ClN2O3. The molecular weight excluding hydrogens is 352 g/mol. The van der Waals surface area contributed by atoms with Crippen LogP contribution in [0.1, 0.15) is 32.1 Å². The SMILES string of the molecule is COc1cccc(Oc2ccc(Cl)cc2NC(=O)NC2CCCCC2)c1. The highest BCUT2D eigenvalue weighted by molar-refractivity contribution is 6.31. The number of halogens is 1. The molecule has 0 heterocycles. The molecule has 0 saturated heterocycles. The molecule has 2 amide bonds. The van der Waals surface area contributed by atoms with Crippen LogP contribution in [0.4, 0.5) is 10.5 Å². The second-order valence-electron chi connectivity index (χ2n) is 6.35. The highest BCUT2D eigenvalue weighted by atomic mass is 35.5. The summed E-state index contributed by atoms with van der Waals surface area (Å²) in [4.78, 5) is 12.4. The van der Waals surface area contributed by atoms with Gasteiger partial charge in [-0.2, -0.15) is 0 Å². The van der Waals surface area contributed by atoms with E-state index in [1.165, 1.54) is 6.42 Å². The van der Waals surface area contributed by atoms with E-state index in [0.717, 1.165) is 25.7 Å². The Morgan fingerprint density at radius 3 is 2.62 bits per heavy atom. The summed E-state index contributed by atoms with van der Waals surface area (Å²) in [7, 11) is 1.60. The first-order chi connectivity index (χ1) is 12.6. The van der Waals surface area contributed by atoms with Crippen molar-refractivity contribution in [3.05, 3.63) is 47.5 Å². The lowest BCUT2D eigenvalue weighted by Crippen LogP contribution is -2.39. The Hall–Kier alpha value is -2.40. The fourth-order valence-corrected chi connectivity index (χ4v) is 3.24. The lowest BCUT2D eigenvalue weighted by Gasteiger charge is -2.23. The van der Waals surface area contributed by atoms with E-state index in [4.69, 9.17) is 21.1 Å². The van der Waals surface area contributed by atoms with E-state index in [1.54, 1.807) is 31.4 Å². The molecule has 138 valence electrons. The quantitative estimate of drug-likeness (QED) is 0.716. The third-order valence-electron chi connectivity index (χ3n) is 4.40. The Labute approximate surface area is 158 Å². The molecule has 0 spiro atoms. The topological polar surface area (TPSA) is 59.6 Å². The van der Waals surface area contributed by atoms with E-state index in [-0.39, 0.29) is 12.1 Å². The second-order valence-corrected chi connectivity index (χ2v) is 6.79. The highest BCUT2D eigenvalue weighted by Crippen LogP contribution is 2.33. The van der Waals surface area contributed by atoms with E-state index >= 15 is 0 Å². The molecule has 2 aromatic rings. The summed E-state index contributed by atoms with van der Waals surface area (Å²) in [6, 6.07) is 12.4. The Morgan fingerprint density at radius 1 is 1.08 bits per heavy atom. The second kappa shape index (κ2) is 8.81. The molecule has 3 rings (SSSR count). The number of rotatable bonds is 5. The standard InChI is InChI=1S/C20H23ClN2O3/c1-25-16-8-5-9-17(13-16)26-19-11-10-14(21)12-18(19)23-20(24)22-15-6-3-2-4-7-15/h5,8-13,15H,2-4,6-7H2,1H3,(H2,22,23,24). The van der Waals surface area contributed by atoms with Gasteiger partial charge in [0, 0.05) is 17.1 Å². The van der Waals surface area contributed by atoms with Gasteiger partial charge in [-0.3, -0.25) is 0 Å². The van der Waals surface area contributed by atoms with Crippen LogP contribution in [0, 0.1) is 0 Å². The first-order valence-electron chi connectivity index (χ1n) is 8.83. The molecule has 0 atom stereocenters. The maximum atomic E-state index is 12.4. The van der Waals surface area contributed by atoms with Gasteiger partial charge in [0.2, 0.25) is 0 Å². The molecule has 0 aliphatic heterocycles. The fourth-order valence-electron chi connectivity index (χ4n) is 3.07. The number of urea groups is 1. The zero-order chi connectivity index (χ0) is 18.4. The van der Waals surface area contributed by atoms with Gasteiger partial charge in [0.15, 0.2) is 5.75 Å². The molecule has 5 nitrogen and oxygen atoms in total. The number of benzene rings is 2. The van der Waals surface area contributed by atoms with Crippen LogP contribution in [0.25, 0.3) is 0 Å². The molecule has 1 aliphatic rings. The Kier molecular flexibility index (Phi) is 6.23. The van der Waals surface area contributed by atoms with Crippen LogP contribution in [-0.4, -0.2) is 19.2 Å². The first-order valence-corrected chi connectivity index (χ1v) is 9.21. The number of hydrogen-bond donors (Lipinski definition) is 2. The van der Waals surface area contributed by atoms with Crippen LogP contribution in [-0.2, 0) is 0 Å². The zero-order valence-corrected chi connectivity index (χ0v) is 15.5. The number of anilines is 1. The van der Waals surface area contributed by atoms with Crippen LogP contribution >= 0.6 is 11.6 Å². The van der Waals surface area contributed by atoms with Crippen LogP contribution in [0.3, 0.4) is 0 Å². The number of amides is 2. The third kappa shape index (κ3) is 5.05. The van der Waals surface area contributed by atoms with Gasteiger partial charge in [0.25, 0.3) is 0 Å². The molecule has 0 radical (unpaired) electrons. The van der Waals surface area contributed by atoms with Gasteiger partial charge in [-0.25, -0.2) is 4.79 Å². The molecule has 1 saturated carbocycles. The lowest BCUT2D eigenvalue weighted by atomic mass is 9.96. The Bertz CT molecular complexity index is 760. The van der Waals surface area contributed by atoms with E-state index in [9.17, 15) is 4.79 Å². The summed E-state index contributed by atoms with van der Waals surface area (Å²) in [6.07, 6.45) is 5.61. The van der Waals surface area contributed by atoms with Crippen molar-refractivity contribution in [2.45, 2.75) is 38.1 Å². The van der Waals surface area contributed by atoms with Gasteiger partial charge in [-0.1, -0.05) is 36.9 Å². The van der Waals surface area contributed by atoms with Crippen molar-refractivity contribution in [3.8, 4) is 17.2 Å². The van der Waals surface area contributed by atoms with Crippen molar-refractivity contribution in [1.82, 2.24) is 5.32 Å². The van der Waals surface area contributed by atoms with Crippen molar-refractivity contribution < 1.29 is 14.3 Å². The van der Waals surface area contributed by atoms with Crippen molar-refractivity contribution in [2.75, 3.05) is 12.4 Å². The smallest absolute Gasteiger partial charge is 0.319 e. The predicted octanol–water partition coefficient (Wildman–Crippen LogP) is 5.60. The monoisotopic (exact) mass is 374 g/mol. The van der Waals surface area contributed by atoms with E-state index in [1.807, 2.05) is 18.2 Å². The van der Waals surface area contributed by atoms with Crippen LogP contribution in [0.2, 0.25) is 5.02 Å². The average Bonchev–Trinajstić information content (AvgIpc) is 2.65. The summed E-state index contributed by atoms with van der Waals surface area (Å²) >= 11 is 6.10. The number of hydrogen-bond acceptors (Lipinski definition) is 3. The van der Waals surface area contributed by atoms with Crippen molar-refractivity contribution in [1.29, 1.82) is 0 Å². The number of methoxy groups -OCH3 is 1. The summed E-state index contributed by atoms with van der Waals surface area (Å²) < 4.78 is 11.1. The largest absolute Gasteiger partial charge is 0.497 e. The Balaban J connectivity index is 1.71. The molecule has 2 N–H and O–H groups in total. The van der Waals surface area contributed by atoms with Gasteiger partial charge in [0.1, 0.15) is 11.5 Å². The number of carbonyl (C=O) groups is 1. The van der Waals surface area contributed by atoms with Gasteiger partial charge in [-0.15, -0.1) is 0 Å². The lowest BCUT2D eigenvalue weighted by molar-refractivity contribution is 0.244. The molecule has 0 bridgehead atoms. The number of carbonyl (C=O) groups excluding carboxylic acids is 1. The molecule has 0 aromatic heterocycles. The van der Waals surface area contributed by atoms with Crippen molar-refractivity contribution in [2.24, 2.45) is 0 Å². The summed E-state index contributed by atoms with van der Waals surface area (Å²) in [5.41, 5.74) is 0.522. The summed E-state index contributed by atoms with van der Waals surface area (Å²) in [5, 5.41) is 6.41. The van der Waals surface area contributed by atoms with Gasteiger partial charge < -0.3 is 20.1 Å². The van der Waals surface area contributed by atoms with Crippen molar-refractivity contribution >= 4 is 23.3 Å². The summed E-state index contributed by atoms with van der Waals surface area (Å²) in [5.74, 6) is 1.82. The van der Waals surface area contributed by atoms with Gasteiger partial charge in [0.05, 0.1) is 12.8 Å². The van der Waals surface area contributed by atoms with Gasteiger partial charge >= 0.3 is 6.03 Å². The molecule has 0 unspecified atom stereocenters. The van der Waals surface area contributed by atoms with E-state index < -0.39 is 0 Å². The van der Waals surface area contributed by atoms with E-state index in [2.05, 4.69) is 10.6 Å². The minimum absolute atomic E-state index is 0.227. The third-order valence-corrected chi connectivity index (χ3v) is 4.63. The minimum Gasteiger partial charge on any atom is -0.497 e. The fraction of sp³-hybridized carbons (Fsp3) is 0.350. The molecule has 2 aromatic carbocycles. The molecule has 1 aliphatic carbocycles. The first kappa shape index (κ1) is 18.4. The van der Waals surface area contributed by atoms with E-state index in [0.29, 0.717) is 28.0 Å². The molecule has 6 heteroatoms. The van der Waals surface area contributed by atoms with Gasteiger partial charge in [-0.05, 0) is 43.2 Å². The average molecular weight is 375 g/mol. The highest BCUT2D eigenvalue weighted by Gasteiger charge is 2.17.